The quantitative estimate of drug-likeness (QED) is 0.230. The van der Waals surface area contributed by atoms with Gasteiger partial charge >= 0.3 is 6.18 Å². The van der Waals surface area contributed by atoms with Gasteiger partial charge in [-0.25, -0.2) is 9.67 Å². The molecule has 0 aliphatic rings. The highest BCUT2D eigenvalue weighted by Crippen LogP contribution is 2.40. The molecule has 1 unspecified atom stereocenters. The molecule has 6 aromatic rings. The van der Waals surface area contributed by atoms with E-state index in [2.05, 4.69) is 15.1 Å². The molecule has 0 radical (unpaired) electrons. The van der Waals surface area contributed by atoms with E-state index in [0.717, 1.165) is 40.3 Å². The van der Waals surface area contributed by atoms with Gasteiger partial charge in [0, 0.05) is 43.1 Å². The first kappa shape index (κ1) is 28.6. The number of nitrogens with zero attached hydrogens (tertiary/aromatic N) is 6. The van der Waals surface area contributed by atoms with E-state index in [4.69, 9.17) is 22.3 Å². The summed E-state index contributed by atoms with van der Waals surface area (Å²) in [6, 6.07) is 16.0. The van der Waals surface area contributed by atoms with Crippen LogP contribution < -0.4 is 5.73 Å². The molecule has 1 atom stereocenters. The third-order valence-corrected chi connectivity index (χ3v) is 8.22. The lowest BCUT2D eigenvalue weighted by Crippen LogP contribution is -2.41. The lowest BCUT2D eigenvalue weighted by molar-refractivity contribution is -0.141. The number of rotatable bonds is 6. The third-order valence-electron chi connectivity index (χ3n) is 7.79. The third kappa shape index (κ3) is 5.06. The second-order valence-electron chi connectivity index (χ2n) is 10.6. The van der Waals surface area contributed by atoms with Crippen LogP contribution in [-0.2, 0) is 25.2 Å². The van der Waals surface area contributed by atoms with Crippen molar-refractivity contribution in [3.8, 4) is 5.69 Å². The molecule has 11 heteroatoms. The summed E-state index contributed by atoms with van der Waals surface area (Å²) in [7, 11) is 1.75. The Morgan fingerprint density at radius 3 is 2.40 bits per heavy atom. The number of fused-ring (bicyclic) bond motifs is 1. The highest BCUT2D eigenvalue weighted by atomic mass is 35.5. The van der Waals surface area contributed by atoms with Crippen molar-refractivity contribution in [2.75, 3.05) is 0 Å². The van der Waals surface area contributed by atoms with Crippen molar-refractivity contribution in [1.29, 1.82) is 0 Å². The van der Waals surface area contributed by atoms with E-state index in [1.54, 1.807) is 35.0 Å². The van der Waals surface area contributed by atoms with Crippen LogP contribution in [0.25, 0.3) is 16.6 Å². The van der Waals surface area contributed by atoms with Crippen LogP contribution in [0, 0.1) is 13.8 Å². The maximum absolute atomic E-state index is 13.7. The minimum absolute atomic E-state index is 0.214. The molecule has 218 valence electrons. The fourth-order valence-corrected chi connectivity index (χ4v) is 5.86. The maximum atomic E-state index is 13.7. The van der Waals surface area contributed by atoms with Crippen LogP contribution in [0.15, 0.2) is 85.7 Å². The fraction of sp³-hybridized carbons (Fsp3) is 0.188. The maximum Gasteiger partial charge on any atom is 0.433 e. The van der Waals surface area contributed by atoms with Gasteiger partial charge in [0.15, 0.2) is 0 Å². The Labute approximate surface area is 250 Å². The Bertz CT molecular complexity index is 1950. The molecule has 7 nitrogen and oxygen atoms in total. The molecule has 4 aromatic heterocycles. The summed E-state index contributed by atoms with van der Waals surface area (Å²) in [4.78, 5) is 12.7. The molecule has 0 saturated heterocycles. The van der Waals surface area contributed by atoms with E-state index in [9.17, 15) is 13.2 Å². The first-order valence-corrected chi connectivity index (χ1v) is 13.8. The van der Waals surface area contributed by atoms with Crippen molar-refractivity contribution in [1.82, 2.24) is 29.3 Å². The van der Waals surface area contributed by atoms with Gasteiger partial charge in [0.25, 0.3) is 0 Å². The first-order valence-electron chi connectivity index (χ1n) is 13.4. The normalized spacial score (nSPS) is 13.4. The standard InChI is InChI=1S/C32H27ClF3N7/c1-19-13-23(31(37,28-17-38-18-42(28)3)22-9-11-39-27(16-22)32(34,35)36)15-26-29(33)25(20(2)41-30(19)26)14-21-5-7-24(8-6-21)43-12-4-10-40-43/h4-13,15-18H,14,37H2,1-3H3. The van der Waals surface area contributed by atoms with Crippen molar-refractivity contribution in [3.05, 3.63) is 136 Å². The molecule has 0 aliphatic carbocycles. The number of benzene rings is 2. The lowest BCUT2D eigenvalue weighted by Gasteiger charge is -2.32. The van der Waals surface area contributed by atoms with Crippen LogP contribution in [-0.4, -0.2) is 29.3 Å². The molecule has 0 saturated carbocycles. The van der Waals surface area contributed by atoms with Gasteiger partial charge in [0.1, 0.15) is 11.2 Å². The predicted octanol–water partition coefficient (Wildman–Crippen LogP) is 6.68. The van der Waals surface area contributed by atoms with Crippen molar-refractivity contribution in [2.24, 2.45) is 12.8 Å². The van der Waals surface area contributed by atoms with Crippen LogP contribution in [0.3, 0.4) is 0 Å². The number of imidazole rings is 1. The van der Waals surface area contributed by atoms with E-state index >= 15 is 0 Å². The van der Waals surface area contributed by atoms with Gasteiger partial charge in [-0.3, -0.25) is 9.97 Å². The molecule has 2 N–H and O–H groups in total. The van der Waals surface area contributed by atoms with Gasteiger partial charge in [-0.1, -0.05) is 29.8 Å². The summed E-state index contributed by atoms with van der Waals surface area (Å²) in [6.45, 7) is 3.81. The summed E-state index contributed by atoms with van der Waals surface area (Å²) in [5, 5.41) is 5.45. The smallest absolute Gasteiger partial charge is 0.336 e. The zero-order valence-electron chi connectivity index (χ0n) is 23.6. The van der Waals surface area contributed by atoms with Gasteiger partial charge < -0.3 is 10.3 Å². The first-order chi connectivity index (χ1) is 20.5. The molecule has 4 heterocycles. The highest BCUT2D eigenvalue weighted by Gasteiger charge is 2.39. The summed E-state index contributed by atoms with van der Waals surface area (Å²) >= 11 is 7.12. The van der Waals surface area contributed by atoms with Crippen molar-refractivity contribution >= 4 is 22.5 Å². The average molecular weight is 602 g/mol. The van der Waals surface area contributed by atoms with E-state index in [0.29, 0.717) is 33.6 Å². The van der Waals surface area contributed by atoms with Gasteiger partial charge in [0.05, 0.1) is 34.4 Å². The van der Waals surface area contributed by atoms with Gasteiger partial charge in [-0.2, -0.15) is 18.3 Å². The molecule has 0 fully saturated rings. The SMILES string of the molecule is Cc1nc2c(C)cc(C(N)(c3ccnc(C(F)(F)F)c3)c3cncn3C)cc2c(Cl)c1Cc1ccc(-n2cccn2)cc1. The highest BCUT2D eigenvalue weighted by molar-refractivity contribution is 6.36. The molecule has 2 aromatic carbocycles. The Balaban J connectivity index is 1.50. The van der Waals surface area contributed by atoms with Crippen molar-refractivity contribution in [2.45, 2.75) is 32.0 Å². The Morgan fingerprint density at radius 1 is 0.977 bits per heavy atom. The van der Waals surface area contributed by atoms with Crippen LogP contribution in [0.4, 0.5) is 13.2 Å². The zero-order valence-corrected chi connectivity index (χ0v) is 24.3. The van der Waals surface area contributed by atoms with Crippen LogP contribution >= 0.6 is 11.6 Å². The van der Waals surface area contributed by atoms with E-state index in [-0.39, 0.29) is 5.56 Å². The number of aryl methyl sites for hydroxylation is 3. The molecular weight excluding hydrogens is 575 g/mol. The number of pyridine rings is 2. The Kier molecular flexibility index (Phi) is 7.06. The van der Waals surface area contributed by atoms with Crippen LogP contribution in [0.5, 0.6) is 0 Å². The summed E-state index contributed by atoms with van der Waals surface area (Å²) < 4.78 is 44.6. The summed E-state index contributed by atoms with van der Waals surface area (Å²) in [5.74, 6) is 0. The number of nitrogens with two attached hydrogens (primary N) is 1. The lowest BCUT2D eigenvalue weighted by atomic mass is 9.79. The second-order valence-corrected chi connectivity index (χ2v) is 11.0. The number of aromatic nitrogens is 6. The van der Waals surface area contributed by atoms with Crippen LogP contribution in [0.2, 0.25) is 5.02 Å². The van der Waals surface area contributed by atoms with Crippen molar-refractivity contribution in [3.63, 3.8) is 0 Å². The Hall–Kier alpha value is -4.54. The molecule has 43 heavy (non-hydrogen) atoms. The number of alkyl halides is 3. The second kappa shape index (κ2) is 10.6. The predicted molar refractivity (Wildman–Crippen MR) is 159 cm³/mol. The Morgan fingerprint density at radius 2 is 1.74 bits per heavy atom. The summed E-state index contributed by atoms with van der Waals surface area (Å²) in [6.07, 6.45) is 3.73. The molecule has 0 bridgehead atoms. The summed E-state index contributed by atoms with van der Waals surface area (Å²) in [5.41, 5.74) is 11.0. The van der Waals surface area contributed by atoms with Crippen LogP contribution in [0.1, 0.15) is 44.9 Å². The molecule has 0 spiro atoms. The van der Waals surface area contributed by atoms with Gasteiger partial charge in [-0.05, 0) is 78.1 Å². The number of hydrogen-bond donors (Lipinski definition) is 1. The van der Waals surface area contributed by atoms with E-state index in [1.165, 1.54) is 6.07 Å². The molecular formula is C32H27ClF3N7. The molecule has 0 aliphatic heterocycles. The molecule has 6 rings (SSSR count). The number of hydrogen-bond acceptors (Lipinski definition) is 5. The minimum atomic E-state index is -4.64. The zero-order chi connectivity index (χ0) is 30.5. The minimum Gasteiger partial charge on any atom is -0.336 e. The number of halogens is 4. The monoisotopic (exact) mass is 601 g/mol. The largest absolute Gasteiger partial charge is 0.433 e. The van der Waals surface area contributed by atoms with E-state index in [1.807, 2.05) is 62.5 Å². The van der Waals surface area contributed by atoms with Crippen molar-refractivity contribution < 1.29 is 13.2 Å². The van der Waals surface area contributed by atoms with Gasteiger partial charge in [0.2, 0.25) is 0 Å². The van der Waals surface area contributed by atoms with E-state index < -0.39 is 17.4 Å². The topological polar surface area (TPSA) is 87.4 Å². The molecule has 0 amide bonds. The van der Waals surface area contributed by atoms with Gasteiger partial charge in [-0.15, -0.1) is 0 Å². The fourth-order valence-electron chi connectivity index (χ4n) is 5.51. The average Bonchev–Trinajstić information content (AvgIpc) is 3.68.